The lowest BCUT2D eigenvalue weighted by Crippen LogP contribution is -2.20. The van der Waals surface area contributed by atoms with Crippen LogP contribution < -0.4 is 0 Å². The van der Waals surface area contributed by atoms with Gasteiger partial charge in [0.25, 0.3) is 0 Å². The Balaban J connectivity index is 1.66. The summed E-state index contributed by atoms with van der Waals surface area (Å²) < 4.78 is 11.0. The molecule has 1 aromatic rings. The van der Waals surface area contributed by atoms with Crippen LogP contribution in [-0.4, -0.2) is 36.4 Å². The number of ether oxygens (including phenoxy) is 1. The Hall–Kier alpha value is -0.870. The summed E-state index contributed by atoms with van der Waals surface area (Å²) in [6, 6.07) is 2.07. The molecule has 0 amide bonds. The maximum absolute atomic E-state index is 5.64. The predicted octanol–water partition coefficient (Wildman–Crippen LogP) is 3.19. The van der Waals surface area contributed by atoms with E-state index in [2.05, 4.69) is 37.0 Å². The molecule has 1 atom stereocenters. The molecule has 1 aromatic heterocycles. The lowest BCUT2D eigenvalue weighted by atomic mass is 10.1. The van der Waals surface area contributed by atoms with E-state index >= 15 is 0 Å². The van der Waals surface area contributed by atoms with E-state index in [0.29, 0.717) is 12.0 Å². The molecule has 4 nitrogen and oxygen atoms in total. The van der Waals surface area contributed by atoms with E-state index in [1.807, 2.05) is 0 Å². The molecule has 0 bridgehead atoms. The Kier molecular flexibility index (Phi) is 5.40. The summed E-state index contributed by atoms with van der Waals surface area (Å²) in [6.07, 6.45) is 5.34. The Morgan fingerprint density at radius 3 is 2.95 bits per heavy atom. The standard InChI is InChI=1S/C15H26N2O2/c1-12(2)15-10-14(19-16-15)11-17(3)8-4-6-13-7-5-9-18-13/h10,12-13H,4-9,11H2,1-3H3/t13-/m0/s1. The van der Waals surface area contributed by atoms with Crippen LogP contribution in [0.3, 0.4) is 0 Å². The van der Waals surface area contributed by atoms with E-state index in [0.717, 1.165) is 31.2 Å². The second-order valence-corrected chi connectivity index (χ2v) is 5.89. The summed E-state index contributed by atoms with van der Waals surface area (Å²) in [6.45, 7) is 7.14. The number of hydrogen-bond donors (Lipinski definition) is 0. The van der Waals surface area contributed by atoms with Crippen LogP contribution >= 0.6 is 0 Å². The van der Waals surface area contributed by atoms with E-state index in [1.54, 1.807) is 0 Å². The minimum atomic E-state index is 0.433. The topological polar surface area (TPSA) is 38.5 Å². The van der Waals surface area contributed by atoms with Gasteiger partial charge in [0.15, 0.2) is 5.76 Å². The van der Waals surface area contributed by atoms with Gasteiger partial charge in [-0.1, -0.05) is 19.0 Å². The largest absolute Gasteiger partial charge is 0.378 e. The quantitative estimate of drug-likeness (QED) is 0.759. The van der Waals surface area contributed by atoms with Gasteiger partial charge in [-0.3, -0.25) is 4.90 Å². The van der Waals surface area contributed by atoms with E-state index in [4.69, 9.17) is 9.26 Å². The van der Waals surface area contributed by atoms with Crippen molar-refractivity contribution in [2.45, 2.75) is 58.1 Å². The Labute approximate surface area is 116 Å². The molecule has 0 unspecified atom stereocenters. The lowest BCUT2D eigenvalue weighted by Gasteiger charge is -2.16. The summed E-state index contributed by atoms with van der Waals surface area (Å²) in [5.41, 5.74) is 1.04. The van der Waals surface area contributed by atoms with Gasteiger partial charge in [0, 0.05) is 12.7 Å². The third kappa shape index (κ3) is 4.62. The van der Waals surface area contributed by atoms with Crippen molar-refractivity contribution < 1.29 is 9.26 Å². The molecule has 2 heterocycles. The van der Waals surface area contributed by atoms with Crippen LogP contribution in [0.25, 0.3) is 0 Å². The van der Waals surface area contributed by atoms with Crippen LogP contribution in [0.1, 0.15) is 56.9 Å². The second-order valence-electron chi connectivity index (χ2n) is 5.89. The predicted molar refractivity (Wildman–Crippen MR) is 75.1 cm³/mol. The van der Waals surface area contributed by atoms with Crippen LogP contribution in [-0.2, 0) is 11.3 Å². The molecule has 108 valence electrons. The number of rotatable bonds is 7. The van der Waals surface area contributed by atoms with Crippen molar-refractivity contribution in [2.75, 3.05) is 20.2 Å². The van der Waals surface area contributed by atoms with Crippen molar-refractivity contribution in [3.8, 4) is 0 Å². The molecule has 2 rings (SSSR count). The molecule has 0 N–H and O–H groups in total. The van der Waals surface area contributed by atoms with Gasteiger partial charge in [0.1, 0.15) is 0 Å². The average molecular weight is 266 g/mol. The summed E-state index contributed by atoms with van der Waals surface area (Å²) in [7, 11) is 2.13. The molecule has 1 saturated heterocycles. The van der Waals surface area contributed by atoms with Gasteiger partial charge in [-0.25, -0.2) is 0 Å². The first kappa shape index (κ1) is 14.5. The molecule has 0 radical (unpaired) electrons. The van der Waals surface area contributed by atoms with Crippen LogP contribution in [0, 0.1) is 0 Å². The number of hydrogen-bond acceptors (Lipinski definition) is 4. The number of nitrogens with zero attached hydrogens (tertiary/aromatic N) is 2. The first-order valence-corrected chi connectivity index (χ1v) is 7.41. The monoisotopic (exact) mass is 266 g/mol. The molecule has 0 aromatic carbocycles. The van der Waals surface area contributed by atoms with Crippen molar-refractivity contribution in [2.24, 2.45) is 0 Å². The first-order chi connectivity index (χ1) is 9.15. The third-order valence-electron chi connectivity index (χ3n) is 3.68. The van der Waals surface area contributed by atoms with Crippen molar-refractivity contribution in [1.82, 2.24) is 10.1 Å². The first-order valence-electron chi connectivity index (χ1n) is 7.41. The molecular formula is C15H26N2O2. The van der Waals surface area contributed by atoms with E-state index in [1.165, 1.54) is 25.7 Å². The Morgan fingerprint density at radius 1 is 1.47 bits per heavy atom. The highest BCUT2D eigenvalue weighted by atomic mass is 16.5. The molecule has 4 heteroatoms. The Bertz CT molecular complexity index is 370. The molecule has 0 aliphatic carbocycles. The van der Waals surface area contributed by atoms with Gasteiger partial charge in [-0.2, -0.15) is 0 Å². The zero-order chi connectivity index (χ0) is 13.7. The maximum atomic E-state index is 5.64. The molecular weight excluding hydrogens is 240 g/mol. The van der Waals surface area contributed by atoms with Crippen LogP contribution in [0.5, 0.6) is 0 Å². The van der Waals surface area contributed by atoms with Gasteiger partial charge < -0.3 is 9.26 Å². The molecule has 1 aliphatic heterocycles. The van der Waals surface area contributed by atoms with E-state index in [-0.39, 0.29) is 0 Å². The highest BCUT2D eigenvalue weighted by molar-refractivity contribution is 5.08. The SMILES string of the molecule is CC(C)c1cc(CN(C)CCC[C@H]2CCCO2)on1. The lowest BCUT2D eigenvalue weighted by molar-refractivity contribution is 0.0992. The molecule has 1 aliphatic rings. The van der Waals surface area contributed by atoms with E-state index < -0.39 is 0 Å². The Morgan fingerprint density at radius 2 is 2.32 bits per heavy atom. The fraction of sp³-hybridized carbons (Fsp3) is 0.800. The maximum Gasteiger partial charge on any atom is 0.150 e. The van der Waals surface area contributed by atoms with Crippen LogP contribution in [0.15, 0.2) is 10.6 Å². The summed E-state index contributed by atoms with van der Waals surface area (Å²) in [5.74, 6) is 1.39. The van der Waals surface area contributed by atoms with Crippen molar-refractivity contribution in [1.29, 1.82) is 0 Å². The van der Waals surface area contributed by atoms with Gasteiger partial charge in [0.05, 0.1) is 18.3 Å². The fourth-order valence-electron chi connectivity index (χ4n) is 2.48. The molecule has 0 spiro atoms. The van der Waals surface area contributed by atoms with Gasteiger partial charge in [-0.05, 0) is 45.2 Å². The van der Waals surface area contributed by atoms with Crippen LogP contribution in [0.4, 0.5) is 0 Å². The van der Waals surface area contributed by atoms with Crippen molar-refractivity contribution >= 4 is 0 Å². The zero-order valence-corrected chi connectivity index (χ0v) is 12.4. The normalized spacial score (nSPS) is 19.7. The highest BCUT2D eigenvalue weighted by Gasteiger charge is 2.15. The summed E-state index contributed by atoms with van der Waals surface area (Å²) in [4.78, 5) is 2.29. The molecule has 1 fully saturated rings. The molecule has 0 saturated carbocycles. The summed E-state index contributed by atoms with van der Waals surface area (Å²) >= 11 is 0. The fourth-order valence-corrected chi connectivity index (χ4v) is 2.48. The van der Waals surface area contributed by atoms with Gasteiger partial charge in [0.2, 0.25) is 0 Å². The molecule has 19 heavy (non-hydrogen) atoms. The third-order valence-corrected chi connectivity index (χ3v) is 3.68. The van der Waals surface area contributed by atoms with Gasteiger partial charge in [-0.15, -0.1) is 0 Å². The van der Waals surface area contributed by atoms with Crippen molar-refractivity contribution in [3.63, 3.8) is 0 Å². The highest BCUT2D eigenvalue weighted by Crippen LogP contribution is 2.18. The smallest absolute Gasteiger partial charge is 0.150 e. The summed E-state index contributed by atoms with van der Waals surface area (Å²) in [5, 5.41) is 4.09. The minimum Gasteiger partial charge on any atom is -0.378 e. The number of aromatic nitrogens is 1. The van der Waals surface area contributed by atoms with Crippen molar-refractivity contribution in [3.05, 3.63) is 17.5 Å². The average Bonchev–Trinajstić information content (AvgIpc) is 3.00. The second kappa shape index (κ2) is 7.06. The van der Waals surface area contributed by atoms with Gasteiger partial charge >= 0.3 is 0 Å². The van der Waals surface area contributed by atoms with Crippen LogP contribution in [0.2, 0.25) is 0 Å². The van der Waals surface area contributed by atoms with E-state index in [9.17, 15) is 0 Å². The minimum absolute atomic E-state index is 0.433. The zero-order valence-electron chi connectivity index (χ0n) is 12.4.